The van der Waals surface area contributed by atoms with Gasteiger partial charge in [-0.15, -0.1) is 0 Å². The van der Waals surface area contributed by atoms with E-state index < -0.39 is 0 Å². The fourth-order valence-corrected chi connectivity index (χ4v) is 5.90. The van der Waals surface area contributed by atoms with E-state index in [1.165, 1.54) is 173 Å². The molecule has 0 bridgehead atoms. The summed E-state index contributed by atoms with van der Waals surface area (Å²) in [6.45, 7) is 5.57. The van der Waals surface area contributed by atoms with Crippen molar-refractivity contribution in [2.75, 3.05) is 6.61 Å². The molecule has 1 aliphatic heterocycles. The third kappa shape index (κ3) is 22.5. The number of ether oxygens (including phenoxy) is 1. The highest BCUT2D eigenvalue weighted by Gasteiger charge is 2.16. The lowest BCUT2D eigenvalue weighted by Gasteiger charge is -2.26. The second-order valence-corrected chi connectivity index (χ2v) is 12.5. The van der Waals surface area contributed by atoms with Gasteiger partial charge in [0.1, 0.15) is 0 Å². The van der Waals surface area contributed by atoms with E-state index in [1.54, 1.807) is 0 Å². The van der Waals surface area contributed by atoms with Gasteiger partial charge in [0.15, 0.2) is 0 Å². The molecule has 226 valence electrons. The Morgan fingerprint density at radius 3 is 1.58 bits per heavy atom. The Morgan fingerprint density at radius 1 is 0.632 bits per heavy atom. The minimum Gasteiger partial charge on any atom is -0.389 e. The minimum atomic E-state index is -0.194. The predicted molar refractivity (Wildman–Crippen MR) is 169 cm³/mol. The Morgan fingerprint density at radius 2 is 1.08 bits per heavy atom. The van der Waals surface area contributed by atoms with Crippen LogP contribution in [0.5, 0.6) is 0 Å². The number of hydrogen-bond donors (Lipinski definition) is 1. The van der Waals surface area contributed by atoms with Crippen LogP contribution in [0.4, 0.5) is 0 Å². The summed E-state index contributed by atoms with van der Waals surface area (Å²) in [5.41, 5.74) is 1.36. The van der Waals surface area contributed by atoms with Crippen molar-refractivity contribution in [1.82, 2.24) is 0 Å². The summed E-state index contributed by atoms with van der Waals surface area (Å²) >= 11 is 0. The van der Waals surface area contributed by atoms with Crippen LogP contribution in [0.25, 0.3) is 0 Å². The fourth-order valence-electron chi connectivity index (χ4n) is 5.90. The molecule has 2 heteroatoms. The monoisotopic (exact) mass is 535 g/mol. The largest absolute Gasteiger partial charge is 0.389 e. The summed E-state index contributed by atoms with van der Waals surface area (Å²) in [5, 5.41) is 11.0. The van der Waals surface area contributed by atoms with Crippen molar-refractivity contribution in [3.63, 3.8) is 0 Å². The standard InChI is InChI=1S/C36H70O2/c1-3-5-7-9-11-12-13-14-15-16-17-23-27-31-36(37)34(28-24-20-10-8-6-4-2)29-25-21-18-19-22-26-30-35-32-33-38-35/h29,35-37H,3-28,30-33H2,1-2H3/b34-29-. The Kier molecular flexibility index (Phi) is 26.5. The average molecular weight is 535 g/mol. The summed E-state index contributed by atoms with van der Waals surface area (Å²) < 4.78 is 5.53. The normalized spacial score (nSPS) is 16.6. The second-order valence-electron chi connectivity index (χ2n) is 12.5. The minimum absolute atomic E-state index is 0.194. The number of aliphatic hydroxyl groups excluding tert-OH is 1. The van der Waals surface area contributed by atoms with E-state index >= 15 is 0 Å². The van der Waals surface area contributed by atoms with E-state index in [1.807, 2.05) is 0 Å². The van der Waals surface area contributed by atoms with Crippen molar-refractivity contribution >= 4 is 0 Å². The predicted octanol–water partition coefficient (Wildman–Crippen LogP) is 12.0. The molecule has 0 aromatic carbocycles. The van der Waals surface area contributed by atoms with Gasteiger partial charge in [-0.2, -0.15) is 0 Å². The molecule has 0 radical (unpaired) electrons. The highest BCUT2D eigenvalue weighted by Crippen LogP contribution is 2.22. The number of rotatable bonds is 30. The van der Waals surface area contributed by atoms with Crippen LogP contribution < -0.4 is 0 Å². The number of aliphatic hydroxyl groups is 1. The molecule has 0 aliphatic carbocycles. The van der Waals surface area contributed by atoms with Gasteiger partial charge < -0.3 is 9.84 Å². The van der Waals surface area contributed by atoms with Gasteiger partial charge in [0.25, 0.3) is 0 Å². The molecule has 1 aliphatic rings. The van der Waals surface area contributed by atoms with Crippen LogP contribution >= 0.6 is 0 Å². The van der Waals surface area contributed by atoms with Crippen molar-refractivity contribution in [3.05, 3.63) is 11.6 Å². The zero-order chi connectivity index (χ0) is 27.4. The third-order valence-electron chi connectivity index (χ3n) is 8.76. The number of unbranched alkanes of at least 4 members (excludes halogenated alkanes) is 22. The molecule has 1 fully saturated rings. The molecule has 1 N–H and O–H groups in total. The zero-order valence-electron chi connectivity index (χ0n) is 26.3. The Labute approximate surface area is 240 Å². The highest BCUT2D eigenvalue weighted by molar-refractivity contribution is 5.08. The Hall–Kier alpha value is -0.340. The van der Waals surface area contributed by atoms with Gasteiger partial charge in [-0.3, -0.25) is 0 Å². The quantitative estimate of drug-likeness (QED) is 0.0733. The molecular formula is C36H70O2. The maximum Gasteiger partial charge on any atom is 0.0750 e. The fraction of sp³-hybridized carbons (Fsp3) is 0.944. The van der Waals surface area contributed by atoms with Gasteiger partial charge in [-0.05, 0) is 50.5 Å². The second kappa shape index (κ2) is 28.2. The highest BCUT2D eigenvalue weighted by atomic mass is 16.5. The lowest BCUT2D eigenvalue weighted by Crippen LogP contribution is -2.26. The van der Waals surface area contributed by atoms with Crippen LogP contribution in [0.15, 0.2) is 11.6 Å². The first-order chi connectivity index (χ1) is 18.8. The molecule has 0 aromatic rings. The summed E-state index contributed by atoms with van der Waals surface area (Å²) in [7, 11) is 0. The van der Waals surface area contributed by atoms with Crippen LogP contribution in [-0.2, 0) is 4.74 Å². The number of allylic oxidation sites excluding steroid dienone is 1. The molecule has 1 heterocycles. The molecular weight excluding hydrogens is 464 g/mol. The molecule has 2 unspecified atom stereocenters. The average Bonchev–Trinajstić information content (AvgIpc) is 2.89. The van der Waals surface area contributed by atoms with Gasteiger partial charge >= 0.3 is 0 Å². The molecule has 1 saturated heterocycles. The lowest BCUT2D eigenvalue weighted by atomic mass is 9.95. The molecule has 0 spiro atoms. The van der Waals surface area contributed by atoms with Crippen molar-refractivity contribution in [1.29, 1.82) is 0 Å². The molecule has 0 amide bonds. The van der Waals surface area contributed by atoms with E-state index in [0.29, 0.717) is 6.10 Å². The maximum absolute atomic E-state index is 11.0. The zero-order valence-corrected chi connectivity index (χ0v) is 26.3. The van der Waals surface area contributed by atoms with E-state index in [-0.39, 0.29) is 6.10 Å². The van der Waals surface area contributed by atoms with Crippen LogP contribution in [0.2, 0.25) is 0 Å². The van der Waals surface area contributed by atoms with Gasteiger partial charge in [-0.1, -0.05) is 161 Å². The van der Waals surface area contributed by atoms with Crippen molar-refractivity contribution in [2.45, 2.75) is 212 Å². The summed E-state index contributed by atoms with van der Waals surface area (Å²) in [4.78, 5) is 0. The SMILES string of the molecule is CCCCCCCCCCCCCCCC(O)/C(=C\CCCCCCCC1CCO1)CCCCCCCC. The third-order valence-corrected chi connectivity index (χ3v) is 8.76. The topological polar surface area (TPSA) is 29.5 Å². The molecule has 0 saturated carbocycles. The summed E-state index contributed by atoms with van der Waals surface area (Å²) in [6, 6.07) is 0. The molecule has 38 heavy (non-hydrogen) atoms. The van der Waals surface area contributed by atoms with E-state index in [4.69, 9.17) is 4.74 Å². The van der Waals surface area contributed by atoms with Gasteiger partial charge in [0.05, 0.1) is 12.2 Å². The van der Waals surface area contributed by atoms with Gasteiger partial charge in [0, 0.05) is 6.61 Å². The van der Waals surface area contributed by atoms with Crippen molar-refractivity contribution in [3.8, 4) is 0 Å². The van der Waals surface area contributed by atoms with Crippen LogP contribution in [-0.4, -0.2) is 23.9 Å². The van der Waals surface area contributed by atoms with Crippen LogP contribution in [0.1, 0.15) is 200 Å². The smallest absolute Gasteiger partial charge is 0.0750 e. The van der Waals surface area contributed by atoms with Crippen molar-refractivity contribution < 1.29 is 9.84 Å². The van der Waals surface area contributed by atoms with Gasteiger partial charge in [-0.25, -0.2) is 0 Å². The van der Waals surface area contributed by atoms with Crippen molar-refractivity contribution in [2.24, 2.45) is 0 Å². The lowest BCUT2D eigenvalue weighted by molar-refractivity contribution is -0.0555. The van der Waals surface area contributed by atoms with Crippen LogP contribution in [0, 0.1) is 0 Å². The van der Waals surface area contributed by atoms with Crippen LogP contribution in [0.3, 0.4) is 0 Å². The summed E-state index contributed by atoms with van der Waals surface area (Å²) in [5.74, 6) is 0. The van der Waals surface area contributed by atoms with E-state index in [2.05, 4.69) is 19.9 Å². The Balaban J connectivity index is 2.12. The first-order valence-corrected chi connectivity index (χ1v) is 17.8. The Bertz CT molecular complexity index is 496. The maximum atomic E-state index is 11.0. The first-order valence-electron chi connectivity index (χ1n) is 17.8. The summed E-state index contributed by atoms with van der Waals surface area (Å²) in [6.07, 6.45) is 41.4. The first kappa shape index (κ1) is 35.7. The van der Waals surface area contributed by atoms with Gasteiger partial charge in [0.2, 0.25) is 0 Å². The number of hydrogen-bond acceptors (Lipinski definition) is 2. The molecule has 2 nitrogen and oxygen atoms in total. The molecule has 2 atom stereocenters. The van der Waals surface area contributed by atoms with E-state index in [0.717, 1.165) is 25.9 Å². The van der Waals surface area contributed by atoms with E-state index in [9.17, 15) is 5.11 Å². The molecule has 1 rings (SSSR count). The molecule has 0 aromatic heterocycles.